The molecule has 2 N–H and O–H groups in total. The van der Waals surface area contributed by atoms with Gasteiger partial charge in [0.05, 0.1) is 0 Å². The number of anilines is 2. The van der Waals surface area contributed by atoms with Crippen LogP contribution < -0.4 is 10.6 Å². The summed E-state index contributed by atoms with van der Waals surface area (Å²) in [6.07, 6.45) is -1.41. The molecule has 0 saturated heterocycles. The van der Waals surface area contributed by atoms with Gasteiger partial charge in [-0.05, 0) is 25.1 Å². The number of methoxy groups -OCH3 is 2. The van der Waals surface area contributed by atoms with E-state index in [0.29, 0.717) is 11.4 Å². The molecule has 2 rings (SSSR count). The molecule has 2 aromatic rings. The van der Waals surface area contributed by atoms with Crippen LogP contribution in [0.2, 0.25) is 0 Å². The summed E-state index contributed by atoms with van der Waals surface area (Å²) in [6, 6.07) is 16.0. The van der Waals surface area contributed by atoms with E-state index < -0.39 is 18.0 Å². The van der Waals surface area contributed by atoms with Crippen LogP contribution in [0.25, 0.3) is 0 Å². The van der Waals surface area contributed by atoms with Gasteiger partial charge in [-0.25, -0.2) is 4.79 Å². The molecule has 0 bridgehead atoms. The van der Waals surface area contributed by atoms with Gasteiger partial charge in [-0.15, -0.1) is 0 Å². The van der Waals surface area contributed by atoms with E-state index in [1.54, 1.807) is 31.2 Å². The number of rotatable bonds is 7. The standard InChI is InChI=1S/C20H24N2O5/c1-14(20(25-3,26-4)16-9-6-5-7-10-16)27-19(24)22-18-12-8-11-17(13-18)21-15(2)23/h5-14H,1-4H3,(H,21,23)(H,22,24). The van der Waals surface area contributed by atoms with Gasteiger partial charge < -0.3 is 19.5 Å². The largest absolute Gasteiger partial charge is 0.440 e. The lowest BCUT2D eigenvalue weighted by Crippen LogP contribution is -2.44. The quantitative estimate of drug-likeness (QED) is 0.724. The van der Waals surface area contributed by atoms with E-state index >= 15 is 0 Å². The molecule has 7 nitrogen and oxygen atoms in total. The lowest BCUT2D eigenvalue weighted by molar-refractivity contribution is -0.263. The topological polar surface area (TPSA) is 85.9 Å². The van der Waals surface area contributed by atoms with Gasteiger partial charge >= 0.3 is 6.09 Å². The van der Waals surface area contributed by atoms with Crippen molar-refractivity contribution in [2.24, 2.45) is 0 Å². The van der Waals surface area contributed by atoms with Gasteiger partial charge in [0.2, 0.25) is 11.7 Å². The van der Waals surface area contributed by atoms with Crippen LogP contribution in [0.5, 0.6) is 0 Å². The highest BCUT2D eigenvalue weighted by atomic mass is 16.7. The summed E-state index contributed by atoms with van der Waals surface area (Å²) in [4.78, 5) is 23.5. The first-order valence-electron chi connectivity index (χ1n) is 8.42. The zero-order valence-corrected chi connectivity index (χ0v) is 15.8. The number of carbonyl (C=O) groups is 2. The Balaban J connectivity index is 2.11. The van der Waals surface area contributed by atoms with Crippen LogP contribution in [-0.2, 0) is 24.8 Å². The maximum absolute atomic E-state index is 12.3. The van der Waals surface area contributed by atoms with Gasteiger partial charge in [-0.2, -0.15) is 0 Å². The Morgan fingerprint density at radius 1 is 0.926 bits per heavy atom. The molecule has 0 saturated carbocycles. The van der Waals surface area contributed by atoms with Crippen molar-refractivity contribution in [2.45, 2.75) is 25.7 Å². The van der Waals surface area contributed by atoms with Crippen molar-refractivity contribution >= 4 is 23.4 Å². The van der Waals surface area contributed by atoms with Gasteiger partial charge in [0.1, 0.15) is 0 Å². The summed E-state index contributed by atoms with van der Waals surface area (Å²) in [6.45, 7) is 3.10. The van der Waals surface area contributed by atoms with Crippen molar-refractivity contribution in [2.75, 3.05) is 24.9 Å². The Bertz CT molecular complexity index is 775. The highest BCUT2D eigenvalue weighted by Gasteiger charge is 2.41. The molecule has 1 atom stereocenters. The predicted octanol–water partition coefficient (Wildman–Crippen LogP) is 3.73. The third-order valence-corrected chi connectivity index (χ3v) is 4.03. The molecule has 0 aliphatic heterocycles. The predicted molar refractivity (Wildman–Crippen MR) is 102 cm³/mol. The number of hydrogen-bond donors (Lipinski definition) is 2. The van der Waals surface area contributed by atoms with Gasteiger partial charge in [-0.3, -0.25) is 10.1 Å². The number of amides is 2. The first kappa shape index (κ1) is 20.4. The zero-order chi connectivity index (χ0) is 19.9. The molecule has 2 amide bonds. The molecule has 0 fully saturated rings. The number of nitrogens with one attached hydrogen (secondary N) is 2. The van der Waals surface area contributed by atoms with E-state index in [4.69, 9.17) is 14.2 Å². The van der Waals surface area contributed by atoms with E-state index in [1.807, 2.05) is 30.3 Å². The fraction of sp³-hybridized carbons (Fsp3) is 0.300. The lowest BCUT2D eigenvalue weighted by atomic mass is 10.0. The molecule has 0 aliphatic rings. The fourth-order valence-corrected chi connectivity index (χ4v) is 2.82. The third-order valence-electron chi connectivity index (χ3n) is 4.03. The van der Waals surface area contributed by atoms with Crippen molar-refractivity contribution in [1.82, 2.24) is 0 Å². The monoisotopic (exact) mass is 372 g/mol. The van der Waals surface area contributed by atoms with E-state index in [2.05, 4.69) is 10.6 Å². The van der Waals surface area contributed by atoms with Crippen LogP contribution >= 0.6 is 0 Å². The van der Waals surface area contributed by atoms with Crippen LogP contribution in [0.15, 0.2) is 54.6 Å². The Labute approximate surface area is 158 Å². The molecule has 2 aromatic carbocycles. The van der Waals surface area contributed by atoms with Crippen LogP contribution in [0.1, 0.15) is 19.4 Å². The first-order chi connectivity index (χ1) is 12.9. The zero-order valence-electron chi connectivity index (χ0n) is 15.8. The van der Waals surface area contributed by atoms with Crippen LogP contribution in [0, 0.1) is 0 Å². The smallest absolute Gasteiger partial charge is 0.412 e. The highest BCUT2D eigenvalue weighted by Crippen LogP contribution is 2.32. The van der Waals surface area contributed by atoms with Crippen molar-refractivity contribution in [3.63, 3.8) is 0 Å². The van der Waals surface area contributed by atoms with Crippen LogP contribution in [0.4, 0.5) is 16.2 Å². The summed E-state index contributed by atoms with van der Waals surface area (Å²) < 4.78 is 16.6. The second-order valence-corrected chi connectivity index (χ2v) is 5.88. The third kappa shape index (κ3) is 5.06. The summed E-state index contributed by atoms with van der Waals surface area (Å²) in [7, 11) is 2.98. The van der Waals surface area contributed by atoms with Gasteiger partial charge in [0, 0.05) is 38.1 Å². The summed E-state index contributed by atoms with van der Waals surface area (Å²) in [5, 5.41) is 5.29. The van der Waals surface area contributed by atoms with Crippen molar-refractivity contribution in [1.29, 1.82) is 0 Å². The van der Waals surface area contributed by atoms with Crippen molar-refractivity contribution in [3.05, 3.63) is 60.2 Å². The maximum atomic E-state index is 12.3. The SMILES string of the molecule is COC(OC)(c1ccccc1)C(C)OC(=O)Nc1cccc(NC(C)=O)c1. The molecule has 0 spiro atoms. The van der Waals surface area contributed by atoms with E-state index in [9.17, 15) is 9.59 Å². The Morgan fingerprint density at radius 3 is 2.07 bits per heavy atom. The molecule has 0 aromatic heterocycles. The molecular weight excluding hydrogens is 348 g/mol. The first-order valence-corrected chi connectivity index (χ1v) is 8.42. The molecule has 7 heteroatoms. The minimum absolute atomic E-state index is 0.198. The highest BCUT2D eigenvalue weighted by molar-refractivity contribution is 5.91. The molecule has 0 radical (unpaired) electrons. The number of benzene rings is 2. The second-order valence-electron chi connectivity index (χ2n) is 5.88. The minimum Gasteiger partial charge on any atom is -0.440 e. The summed E-state index contributed by atoms with van der Waals surface area (Å²) in [5.74, 6) is -1.44. The van der Waals surface area contributed by atoms with Gasteiger partial charge in [0.15, 0.2) is 6.10 Å². The van der Waals surface area contributed by atoms with Crippen LogP contribution in [0.3, 0.4) is 0 Å². The minimum atomic E-state index is -1.24. The lowest BCUT2D eigenvalue weighted by Gasteiger charge is -2.35. The van der Waals surface area contributed by atoms with E-state index in [0.717, 1.165) is 5.56 Å². The second kappa shape index (κ2) is 9.16. The molecule has 0 heterocycles. The number of carbonyl (C=O) groups excluding carboxylic acids is 2. The van der Waals surface area contributed by atoms with E-state index in [1.165, 1.54) is 21.1 Å². The van der Waals surface area contributed by atoms with Gasteiger partial charge in [-0.1, -0.05) is 36.4 Å². The molecule has 27 heavy (non-hydrogen) atoms. The van der Waals surface area contributed by atoms with Crippen molar-refractivity contribution < 1.29 is 23.8 Å². The number of ether oxygens (including phenoxy) is 3. The maximum Gasteiger partial charge on any atom is 0.412 e. The van der Waals surface area contributed by atoms with E-state index in [-0.39, 0.29) is 5.91 Å². The molecule has 1 unspecified atom stereocenters. The molecule has 144 valence electrons. The summed E-state index contributed by atoms with van der Waals surface area (Å²) >= 11 is 0. The number of hydrogen-bond acceptors (Lipinski definition) is 5. The summed E-state index contributed by atoms with van der Waals surface area (Å²) in [5.41, 5.74) is 1.78. The fourth-order valence-electron chi connectivity index (χ4n) is 2.82. The Hall–Kier alpha value is -2.90. The van der Waals surface area contributed by atoms with Crippen LogP contribution in [-0.4, -0.2) is 32.3 Å². The molecular formula is C20H24N2O5. The Kier molecular flexibility index (Phi) is 6.92. The normalized spacial score (nSPS) is 12.1. The Morgan fingerprint density at radius 2 is 1.52 bits per heavy atom. The van der Waals surface area contributed by atoms with Gasteiger partial charge in [0.25, 0.3) is 0 Å². The van der Waals surface area contributed by atoms with Crippen molar-refractivity contribution in [3.8, 4) is 0 Å². The average Bonchev–Trinajstić information content (AvgIpc) is 2.63. The molecule has 0 aliphatic carbocycles. The average molecular weight is 372 g/mol.